The zero-order valence-corrected chi connectivity index (χ0v) is 9.70. The molecular weight excluding hydrogens is 253 g/mol. The predicted molar refractivity (Wildman–Crippen MR) is 66.5 cm³/mol. The summed E-state index contributed by atoms with van der Waals surface area (Å²) in [6, 6.07) is 9.61. The van der Waals surface area contributed by atoms with Crippen LogP contribution in [0, 0.1) is 0 Å². The van der Waals surface area contributed by atoms with Crippen LogP contribution >= 0.6 is 0 Å². The average Bonchev–Trinajstić information content (AvgIpc) is 2.79. The smallest absolute Gasteiger partial charge is 0.354 e. The van der Waals surface area contributed by atoms with Crippen LogP contribution in [0.1, 0.15) is 5.56 Å². The Bertz CT molecular complexity index is 714. The molecule has 3 rings (SSSR count). The lowest BCUT2D eigenvalue weighted by molar-refractivity contribution is -0.135. The lowest BCUT2D eigenvalue weighted by Crippen LogP contribution is -2.06. The standard InChI is InChI=1S/C14H9F3N2/c15-14(16,17)12-10-5-1-2-6-11(10)19-13(12)9-4-3-7-18-8-9/h1-8,19H. The second-order valence-electron chi connectivity index (χ2n) is 4.16. The summed E-state index contributed by atoms with van der Waals surface area (Å²) in [5.41, 5.74) is 0.303. The fourth-order valence-corrected chi connectivity index (χ4v) is 2.16. The van der Waals surface area contributed by atoms with Crippen molar-refractivity contribution in [2.45, 2.75) is 6.18 Å². The molecule has 0 atom stereocenters. The van der Waals surface area contributed by atoms with Gasteiger partial charge in [-0.05, 0) is 18.2 Å². The van der Waals surface area contributed by atoms with Crippen molar-refractivity contribution in [2.24, 2.45) is 0 Å². The largest absolute Gasteiger partial charge is 0.419 e. The molecule has 0 spiro atoms. The van der Waals surface area contributed by atoms with Gasteiger partial charge in [0.2, 0.25) is 0 Å². The number of hydrogen-bond acceptors (Lipinski definition) is 1. The number of alkyl halides is 3. The van der Waals surface area contributed by atoms with Gasteiger partial charge in [-0.25, -0.2) is 0 Å². The topological polar surface area (TPSA) is 28.7 Å². The van der Waals surface area contributed by atoms with Crippen molar-refractivity contribution >= 4 is 10.9 Å². The molecule has 0 unspecified atom stereocenters. The highest BCUT2D eigenvalue weighted by Crippen LogP contribution is 2.41. The number of pyridine rings is 1. The van der Waals surface area contributed by atoms with E-state index in [1.54, 1.807) is 30.3 Å². The van der Waals surface area contributed by atoms with E-state index in [1.165, 1.54) is 18.5 Å². The molecular formula is C14H9F3N2. The van der Waals surface area contributed by atoms with Gasteiger partial charge in [-0.2, -0.15) is 13.2 Å². The minimum absolute atomic E-state index is 0.0572. The van der Waals surface area contributed by atoms with E-state index in [0.29, 0.717) is 11.1 Å². The van der Waals surface area contributed by atoms with Gasteiger partial charge in [-0.1, -0.05) is 18.2 Å². The molecule has 5 heteroatoms. The monoisotopic (exact) mass is 262 g/mol. The number of aromatic amines is 1. The molecule has 0 aliphatic heterocycles. The zero-order chi connectivity index (χ0) is 13.5. The molecule has 0 bridgehead atoms. The SMILES string of the molecule is FC(F)(F)c1c(-c2cccnc2)[nH]c2ccccc12. The molecule has 0 aliphatic rings. The van der Waals surface area contributed by atoms with Crippen molar-refractivity contribution in [3.05, 3.63) is 54.4 Å². The van der Waals surface area contributed by atoms with Gasteiger partial charge < -0.3 is 4.98 Å². The van der Waals surface area contributed by atoms with Gasteiger partial charge in [0.25, 0.3) is 0 Å². The summed E-state index contributed by atoms with van der Waals surface area (Å²) < 4.78 is 39.8. The molecule has 2 heterocycles. The molecule has 0 saturated carbocycles. The summed E-state index contributed by atoms with van der Waals surface area (Å²) in [6.45, 7) is 0. The fourth-order valence-electron chi connectivity index (χ4n) is 2.16. The number of nitrogens with zero attached hydrogens (tertiary/aromatic N) is 1. The Morgan fingerprint density at radius 3 is 2.47 bits per heavy atom. The predicted octanol–water partition coefficient (Wildman–Crippen LogP) is 4.25. The van der Waals surface area contributed by atoms with Crippen molar-refractivity contribution in [2.75, 3.05) is 0 Å². The Labute approximate surface area is 106 Å². The summed E-state index contributed by atoms with van der Waals surface area (Å²) >= 11 is 0. The fraction of sp³-hybridized carbons (Fsp3) is 0.0714. The molecule has 1 aromatic carbocycles. The number of H-pyrrole nitrogens is 1. The number of benzene rings is 1. The van der Waals surface area contributed by atoms with Crippen molar-refractivity contribution in [1.29, 1.82) is 0 Å². The van der Waals surface area contributed by atoms with E-state index >= 15 is 0 Å². The molecule has 1 N–H and O–H groups in total. The Balaban J connectivity index is 2.36. The van der Waals surface area contributed by atoms with Crippen molar-refractivity contribution < 1.29 is 13.2 Å². The van der Waals surface area contributed by atoms with Crippen LogP contribution < -0.4 is 0 Å². The number of nitrogens with one attached hydrogen (secondary N) is 1. The third kappa shape index (κ3) is 1.97. The first-order chi connectivity index (χ1) is 9.07. The van der Waals surface area contributed by atoms with Gasteiger partial charge in [0.05, 0.1) is 11.3 Å². The first-order valence-corrected chi connectivity index (χ1v) is 5.65. The van der Waals surface area contributed by atoms with E-state index in [4.69, 9.17) is 0 Å². The molecule has 2 nitrogen and oxygen atoms in total. The molecule has 0 fully saturated rings. The molecule has 0 amide bonds. The first-order valence-electron chi connectivity index (χ1n) is 5.65. The Kier molecular flexibility index (Phi) is 2.55. The van der Waals surface area contributed by atoms with Crippen molar-refractivity contribution in [1.82, 2.24) is 9.97 Å². The van der Waals surface area contributed by atoms with Crippen LogP contribution in [-0.2, 0) is 6.18 Å². The third-order valence-electron chi connectivity index (χ3n) is 2.94. The highest BCUT2D eigenvalue weighted by Gasteiger charge is 2.37. The Morgan fingerprint density at radius 2 is 1.79 bits per heavy atom. The van der Waals surface area contributed by atoms with Crippen LogP contribution in [0.3, 0.4) is 0 Å². The van der Waals surface area contributed by atoms with Gasteiger partial charge in [0, 0.05) is 28.9 Å². The van der Waals surface area contributed by atoms with Crippen LogP contribution in [0.15, 0.2) is 48.8 Å². The number of rotatable bonds is 1. The second kappa shape index (κ2) is 4.12. The molecule has 0 radical (unpaired) electrons. The van der Waals surface area contributed by atoms with E-state index in [9.17, 15) is 13.2 Å². The van der Waals surface area contributed by atoms with E-state index in [2.05, 4.69) is 9.97 Å². The second-order valence-corrected chi connectivity index (χ2v) is 4.16. The number of aromatic nitrogens is 2. The number of halogens is 3. The van der Waals surface area contributed by atoms with Gasteiger partial charge in [0.1, 0.15) is 0 Å². The highest BCUT2D eigenvalue weighted by molar-refractivity contribution is 5.91. The van der Waals surface area contributed by atoms with Crippen LogP contribution in [-0.4, -0.2) is 9.97 Å². The van der Waals surface area contributed by atoms with Crippen molar-refractivity contribution in [3.63, 3.8) is 0 Å². The van der Waals surface area contributed by atoms with E-state index < -0.39 is 11.7 Å². The van der Waals surface area contributed by atoms with Crippen LogP contribution in [0.5, 0.6) is 0 Å². The molecule has 2 aromatic heterocycles. The van der Waals surface area contributed by atoms with Gasteiger partial charge in [-0.3, -0.25) is 4.98 Å². The quantitative estimate of drug-likeness (QED) is 0.697. The van der Waals surface area contributed by atoms with E-state index in [-0.39, 0.29) is 11.1 Å². The molecule has 96 valence electrons. The summed E-state index contributed by atoms with van der Waals surface area (Å²) in [7, 11) is 0. The van der Waals surface area contributed by atoms with Crippen LogP contribution in [0.25, 0.3) is 22.2 Å². The highest BCUT2D eigenvalue weighted by atomic mass is 19.4. The first kappa shape index (κ1) is 11.8. The molecule has 3 aromatic rings. The van der Waals surface area contributed by atoms with E-state index in [1.807, 2.05) is 0 Å². The maximum atomic E-state index is 13.3. The van der Waals surface area contributed by atoms with Crippen molar-refractivity contribution in [3.8, 4) is 11.3 Å². The minimum Gasteiger partial charge on any atom is -0.354 e. The lowest BCUT2D eigenvalue weighted by atomic mass is 10.1. The molecule has 0 saturated heterocycles. The normalized spacial score (nSPS) is 11.9. The molecule has 19 heavy (non-hydrogen) atoms. The summed E-state index contributed by atoms with van der Waals surface area (Å²) in [5, 5.41) is 0.175. The number of hydrogen-bond donors (Lipinski definition) is 1. The molecule has 0 aliphatic carbocycles. The average molecular weight is 262 g/mol. The van der Waals surface area contributed by atoms with Crippen LogP contribution in [0.4, 0.5) is 13.2 Å². The Hall–Kier alpha value is -2.30. The Morgan fingerprint density at radius 1 is 1.00 bits per heavy atom. The van der Waals surface area contributed by atoms with Crippen LogP contribution in [0.2, 0.25) is 0 Å². The van der Waals surface area contributed by atoms with Gasteiger partial charge in [-0.15, -0.1) is 0 Å². The lowest BCUT2D eigenvalue weighted by Gasteiger charge is -2.08. The number of fused-ring (bicyclic) bond motifs is 1. The zero-order valence-electron chi connectivity index (χ0n) is 9.70. The maximum Gasteiger partial charge on any atom is 0.419 e. The third-order valence-corrected chi connectivity index (χ3v) is 2.94. The van der Waals surface area contributed by atoms with E-state index in [0.717, 1.165) is 0 Å². The summed E-state index contributed by atoms with van der Waals surface area (Å²) in [4.78, 5) is 6.69. The maximum absolute atomic E-state index is 13.3. The van der Waals surface area contributed by atoms with Gasteiger partial charge in [0.15, 0.2) is 0 Å². The minimum atomic E-state index is -4.41. The summed E-state index contributed by atoms with van der Waals surface area (Å²) in [6.07, 6.45) is -1.47. The van der Waals surface area contributed by atoms with Gasteiger partial charge >= 0.3 is 6.18 Å². The summed E-state index contributed by atoms with van der Waals surface area (Å²) in [5.74, 6) is 0. The number of para-hydroxylation sites is 1.